The van der Waals surface area contributed by atoms with Gasteiger partial charge in [-0.15, -0.1) is 0 Å². The van der Waals surface area contributed by atoms with Crippen molar-refractivity contribution in [3.05, 3.63) is 0 Å². The van der Waals surface area contributed by atoms with Gasteiger partial charge < -0.3 is 5.32 Å². The van der Waals surface area contributed by atoms with Gasteiger partial charge in [0.2, 0.25) is 0 Å². The van der Waals surface area contributed by atoms with E-state index in [0.29, 0.717) is 5.41 Å². The molecule has 0 amide bonds. The lowest BCUT2D eigenvalue weighted by Gasteiger charge is -2.47. The Balaban J connectivity index is 2.74. The molecule has 0 radical (unpaired) electrons. The summed E-state index contributed by atoms with van der Waals surface area (Å²) in [5.41, 5.74) is 0.474. The maximum absolute atomic E-state index is 3.85. The second kappa shape index (κ2) is 7.67. The minimum absolute atomic E-state index is 0.474. The van der Waals surface area contributed by atoms with Crippen molar-refractivity contribution in [1.82, 2.24) is 5.32 Å². The van der Waals surface area contributed by atoms with Gasteiger partial charge in [0.15, 0.2) is 0 Å². The van der Waals surface area contributed by atoms with Crippen LogP contribution in [-0.2, 0) is 0 Å². The Morgan fingerprint density at radius 2 is 1.84 bits per heavy atom. The zero-order chi connectivity index (χ0) is 14.5. The largest absolute Gasteiger partial charge is 0.314 e. The molecule has 0 spiro atoms. The smallest absolute Gasteiger partial charge is 0.0103 e. The SMILES string of the molecule is CCCNC1CC(C)CCC1C(C)(C)C(C)CCC. The maximum Gasteiger partial charge on any atom is 0.0103 e. The van der Waals surface area contributed by atoms with Gasteiger partial charge in [-0.2, -0.15) is 0 Å². The van der Waals surface area contributed by atoms with Crippen LogP contribution in [0.5, 0.6) is 0 Å². The lowest BCUT2D eigenvalue weighted by Crippen LogP contribution is -2.49. The molecule has 1 rings (SSSR count). The summed E-state index contributed by atoms with van der Waals surface area (Å²) in [4.78, 5) is 0. The molecule has 1 aliphatic carbocycles. The van der Waals surface area contributed by atoms with Crippen LogP contribution >= 0.6 is 0 Å². The van der Waals surface area contributed by atoms with Crippen molar-refractivity contribution in [1.29, 1.82) is 0 Å². The van der Waals surface area contributed by atoms with Crippen LogP contribution in [0, 0.1) is 23.2 Å². The third-order valence-corrected chi connectivity index (χ3v) is 5.72. The molecule has 1 saturated carbocycles. The van der Waals surface area contributed by atoms with Gasteiger partial charge in [-0.3, -0.25) is 0 Å². The van der Waals surface area contributed by atoms with E-state index < -0.39 is 0 Å². The highest BCUT2D eigenvalue weighted by molar-refractivity contribution is 4.94. The van der Waals surface area contributed by atoms with E-state index in [4.69, 9.17) is 0 Å². The minimum atomic E-state index is 0.474. The van der Waals surface area contributed by atoms with Crippen molar-refractivity contribution in [2.45, 2.75) is 86.1 Å². The molecule has 0 heterocycles. The van der Waals surface area contributed by atoms with Crippen molar-refractivity contribution in [2.24, 2.45) is 23.2 Å². The number of hydrogen-bond donors (Lipinski definition) is 1. The molecule has 1 aliphatic rings. The van der Waals surface area contributed by atoms with Gasteiger partial charge in [0.1, 0.15) is 0 Å². The van der Waals surface area contributed by atoms with Crippen LogP contribution in [0.25, 0.3) is 0 Å². The first kappa shape index (κ1) is 17.0. The second-order valence-electron chi connectivity index (χ2n) is 7.60. The predicted molar refractivity (Wildman–Crippen MR) is 86.4 cm³/mol. The van der Waals surface area contributed by atoms with Crippen LogP contribution in [0.3, 0.4) is 0 Å². The maximum atomic E-state index is 3.85. The van der Waals surface area contributed by atoms with Crippen molar-refractivity contribution in [3.8, 4) is 0 Å². The van der Waals surface area contributed by atoms with Crippen LogP contribution in [0.1, 0.15) is 80.1 Å². The van der Waals surface area contributed by atoms with Crippen molar-refractivity contribution in [3.63, 3.8) is 0 Å². The molecule has 0 bridgehead atoms. The quantitative estimate of drug-likeness (QED) is 0.664. The van der Waals surface area contributed by atoms with E-state index in [9.17, 15) is 0 Å². The average molecular weight is 268 g/mol. The summed E-state index contributed by atoms with van der Waals surface area (Å²) < 4.78 is 0. The second-order valence-corrected chi connectivity index (χ2v) is 7.60. The summed E-state index contributed by atoms with van der Waals surface area (Å²) in [6.07, 6.45) is 8.18. The van der Waals surface area contributed by atoms with Gasteiger partial charge >= 0.3 is 0 Å². The highest BCUT2D eigenvalue weighted by Crippen LogP contribution is 2.45. The van der Waals surface area contributed by atoms with E-state index in [1.807, 2.05) is 0 Å². The molecule has 4 atom stereocenters. The molecule has 1 fully saturated rings. The Labute approximate surface area is 121 Å². The molecule has 114 valence electrons. The summed E-state index contributed by atoms with van der Waals surface area (Å²) >= 11 is 0. The molecular weight excluding hydrogens is 230 g/mol. The predicted octanol–water partition coefficient (Wildman–Crippen LogP) is 5.25. The van der Waals surface area contributed by atoms with E-state index in [1.165, 1.54) is 45.1 Å². The molecule has 1 heteroatoms. The lowest BCUT2D eigenvalue weighted by molar-refractivity contribution is 0.0453. The summed E-state index contributed by atoms with van der Waals surface area (Å²) in [6, 6.07) is 0.748. The number of nitrogens with one attached hydrogen (secondary N) is 1. The lowest BCUT2D eigenvalue weighted by atomic mass is 9.61. The summed E-state index contributed by atoms with van der Waals surface area (Å²) in [6.45, 7) is 15.7. The highest BCUT2D eigenvalue weighted by Gasteiger charge is 2.41. The topological polar surface area (TPSA) is 12.0 Å². The molecule has 0 aromatic carbocycles. The van der Waals surface area contributed by atoms with Crippen molar-refractivity contribution in [2.75, 3.05) is 6.54 Å². The molecule has 0 aliphatic heterocycles. The third kappa shape index (κ3) is 4.48. The van der Waals surface area contributed by atoms with Gasteiger partial charge in [-0.05, 0) is 49.0 Å². The number of rotatable bonds is 7. The van der Waals surface area contributed by atoms with Crippen LogP contribution in [0.15, 0.2) is 0 Å². The summed E-state index contributed by atoms with van der Waals surface area (Å²) in [7, 11) is 0. The van der Waals surface area contributed by atoms with Crippen LogP contribution in [0.4, 0.5) is 0 Å². The van der Waals surface area contributed by atoms with Gasteiger partial charge in [0.05, 0.1) is 0 Å². The third-order valence-electron chi connectivity index (χ3n) is 5.72. The first-order valence-corrected chi connectivity index (χ1v) is 8.66. The zero-order valence-electron chi connectivity index (χ0n) is 14.3. The fourth-order valence-electron chi connectivity index (χ4n) is 4.00. The van der Waals surface area contributed by atoms with Gasteiger partial charge in [-0.1, -0.05) is 60.8 Å². The summed E-state index contributed by atoms with van der Waals surface area (Å²) in [5, 5.41) is 3.85. The fourth-order valence-corrected chi connectivity index (χ4v) is 4.00. The fraction of sp³-hybridized carbons (Fsp3) is 1.00. The van der Waals surface area contributed by atoms with E-state index in [-0.39, 0.29) is 0 Å². The molecule has 4 unspecified atom stereocenters. The van der Waals surface area contributed by atoms with E-state index >= 15 is 0 Å². The Kier molecular flexibility index (Phi) is 6.86. The molecule has 1 N–H and O–H groups in total. The zero-order valence-corrected chi connectivity index (χ0v) is 14.3. The van der Waals surface area contributed by atoms with Crippen LogP contribution in [-0.4, -0.2) is 12.6 Å². The Hall–Kier alpha value is -0.0400. The van der Waals surface area contributed by atoms with Gasteiger partial charge in [0.25, 0.3) is 0 Å². The molecule has 0 aromatic heterocycles. The first-order valence-electron chi connectivity index (χ1n) is 8.66. The highest BCUT2D eigenvalue weighted by atomic mass is 14.9. The monoisotopic (exact) mass is 267 g/mol. The average Bonchev–Trinajstić information content (AvgIpc) is 2.36. The van der Waals surface area contributed by atoms with Crippen LogP contribution in [0.2, 0.25) is 0 Å². The number of hydrogen-bond acceptors (Lipinski definition) is 1. The standard InChI is InChI=1S/C18H37N/c1-7-9-15(4)18(5,6)16-11-10-14(3)13-17(16)19-12-8-2/h14-17,19H,7-13H2,1-6H3. The first-order chi connectivity index (χ1) is 8.93. The molecular formula is C18H37N. The summed E-state index contributed by atoms with van der Waals surface area (Å²) in [5.74, 6) is 2.60. The Morgan fingerprint density at radius 3 is 2.42 bits per heavy atom. The van der Waals surface area contributed by atoms with Crippen molar-refractivity contribution >= 4 is 0 Å². The Morgan fingerprint density at radius 1 is 1.16 bits per heavy atom. The van der Waals surface area contributed by atoms with Gasteiger partial charge in [0, 0.05) is 6.04 Å². The molecule has 0 saturated heterocycles. The van der Waals surface area contributed by atoms with Crippen LogP contribution < -0.4 is 5.32 Å². The molecule has 1 nitrogen and oxygen atoms in total. The minimum Gasteiger partial charge on any atom is -0.314 e. The van der Waals surface area contributed by atoms with E-state index in [2.05, 4.69) is 46.9 Å². The Bertz CT molecular complexity index is 246. The molecule has 19 heavy (non-hydrogen) atoms. The van der Waals surface area contributed by atoms with E-state index in [1.54, 1.807) is 0 Å². The van der Waals surface area contributed by atoms with E-state index in [0.717, 1.165) is 23.8 Å². The molecule has 0 aromatic rings. The van der Waals surface area contributed by atoms with Crippen molar-refractivity contribution < 1.29 is 0 Å². The van der Waals surface area contributed by atoms with Gasteiger partial charge in [-0.25, -0.2) is 0 Å². The normalized spacial score (nSPS) is 30.3.